The van der Waals surface area contributed by atoms with Gasteiger partial charge in [-0.25, -0.2) is 19.9 Å². The second kappa shape index (κ2) is 11.2. The number of ether oxygens (including phenoxy) is 2. The lowest BCUT2D eigenvalue weighted by Gasteiger charge is -2.15. The first kappa shape index (κ1) is 18.7. The minimum Gasteiger partial charge on any atom is -0.473 e. The van der Waals surface area contributed by atoms with Crippen LogP contribution < -0.4 is 18.9 Å². The number of rotatable bonds is 11. The molecule has 3 rings (SSSR count). The number of hydrogen-bond donors (Lipinski definition) is 2. The Labute approximate surface area is 200 Å². The van der Waals surface area contributed by atoms with Crippen LogP contribution in [0.5, 0.6) is 11.9 Å². The Morgan fingerprint density at radius 3 is 2.47 bits per heavy atom. The van der Waals surface area contributed by atoms with Gasteiger partial charge in [-0.05, 0) is 36.6 Å². The molecule has 0 radical (unpaired) electrons. The number of nitrogens with one attached hydrogen (secondary N) is 2. The zero-order valence-corrected chi connectivity index (χ0v) is 19.6. The van der Waals surface area contributed by atoms with Crippen molar-refractivity contribution in [2.24, 2.45) is 0 Å². The van der Waals surface area contributed by atoms with E-state index in [4.69, 9.17) is 15.0 Å². The monoisotopic (exact) mass is 526 g/mol. The summed E-state index contributed by atoms with van der Waals surface area (Å²) in [6.07, 6.45) is 0.793. The van der Waals surface area contributed by atoms with E-state index in [9.17, 15) is 8.42 Å². The molecule has 0 aliphatic rings. The summed E-state index contributed by atoms with van der Waals surface area (Å²) in [4.78, 5) is 15.9. The highest BCUT2D eigenvalue weighted by Crippen LogP contribution is 2.34. The van der Waals surface area contributed by atoms with Crippen molar-refractivity contribution >= 4 is 32.0 Å². The first-order chi connectivity index (χ1) is 16.9. The van der Waals surface area contributed by atoms with E-state index in [1.54, 1.807) is 31.2 Å². The van der Waals surface area contributed by atoms with Crippen LogP contribution in [0.2, 0.25) is 0 Å². The lowest BCUT2D eigenvalue weighted by Crippen LogP contribution is -2.31. The standard InChI is InChI=1S/C20H23BrN6O4S/c1-3-8-26-32(28,29)27-18-17(15-4-6-16(21)7-5-15)19(25-13-24-18)30-9-10-31-20-22-11-14(2)12-23-20/h4-7,11-13,26H,3,8-10H2,1-2H3,(H,24,25,27)/i8D2,11D,12D. The fourth-order valence-corrected chi connectivity index (χ4v) is 3.46. The largest absolute Gasteiger partial charge is 0.473 e. The van der Waals surface area contributed by atoms with Crippen LogP contribution in [0.15, 0.2) is 47.4 Å². The molecule has 170 valence electrons. The Morgan fingerprint density at radius 1 is 1.09 bits per heavy atom. The second-order valence-corrected chi connectivity index (χ2v) is 8.53. The lowest BCUT2D eigenvalue weighted by molar-refractivity contribution is 0.202. The van der Waals surface area contributed by atoms with Gasteiger partial charge >= 0.3 is 6.01 Å². The molecule has 1 aromatic carbocycles. The number of aromatic nitrogens is 4. The minimum atomic E-state index is -4.34. The summed E-state index contributed by atoms with van der Waals surface area (Å²) in [5, 5.41) is 0. The predicted molar refractivity (Wildman–Crippen MR) is 124 cm³/mol. The molecular weight excluding hydrogens is 500 g/mol. The average Bonchev–Trinajstić information content (AvgIpc) is 2.80. The van der Waals surface area contributed by atoms with Crippen molar-refractivity contribution in [2.75, 3.05) is 24.4 Å². The van der Waals surface area contributed by atoms with E-state index in [1.807, 2.05) is 4.72 Å². The Hall–Kier alpha value is -2.83. The van der Waals surface area contributed by atoms with Crippen LogP contribution in [0.25, 0.3) is 11.1 Å². The zero-order chi connectivity index (χ0) is 26.5. The van der Waals surface area contributed by atoms with Gasteiger partial charge in [0.2, 0.25) is 5.88 Å². The number of halogens is 1. The summed E-state index contributed by atoms with van der Waals surface area (Å²) in [7, 11) is -4.34. The van der Waals surface area contributed by atoms with Crippen LogP contribution in [0.1, 0.15) is 24.4 Å². The maximum Gasteiger partial charge on any atom is 0.316 e. The first-order valence-corrected chi connectivity index (χ1v) is 11.7. The molecule has 0 fully saturated rings. The van der Waals surface area contributed by atoms with Crippen LogP contribution in [0.4, 0.5) is 5.82 Å². The van der Waals surface area contributed by atoms with Gasteiger partial charge in [0.05, 0.1) is 8.30 Å². The number of nitrogens with zero attached hydrogens (tertiary/aromatic N) is 4. The Morgan fingerprint density at radius 2 is 1.78 bits per heavy atom. The number of benzene rings is 1. The molecule has 0 amide bonds. The van der Waals surface area contributed by atoms with Gasteiger partial charge in [0.25, 0.3) is 10.2 Å². The molecule has 32 heavy (non-hydrogen) atoms. The summed E-state index contributed by atoms with van der Waals surface area (Å²) >= 11 is 3.35. The molecule has 0 unspecified atom stereocenters. The van der Waals surface area contributed by atoms with Crippen molar-refractivity contribution < 1.29 is 23.4 Å². The molecule has 0 aliphatic carbocycles. The first-order valence-electron chi connectivity index (χ1n) is 11.4. The minimum absolute atomic E-state index is 0.0410. The second-order valence-electron chi connectivity index (χ2n) is 6.20. The Balaban J connectivity index is 1.84. The maximum absolute atomic E-state index is 12.6. The Bertz CT molecular complexity index is 1310. The van der Waals surface area contributed by atoms with Gasteiger partial charge in [-0.1, -0.05) is 35.0 Å². The summed E-state index contributed by atoms with van der Waals surface area (Å²) in [6, 6.07) is 6.75. The van der Waals surface area contributed by atoms with Gasteiger partial charge in [-0.3, -0.25) is 4.72 Å². The SMILES string of the molecule is [2H]c1nc(OCCOc2ncnc(NS(=O)(=O)NC([2H])([2H])CC)c2-c2ccc(Br)cc2)nc([2H])c1C. The fourth-order valence-electron chi connectivity index (χ4n) is 2.40. The van der Waals surface area contributed by atoms with E-state index in [0.717, 1.165) is 10.8 Å². The molecule has 10 nitrogen and oxygen atoms in total. The van der Waals surface area contributed by atoms with Crippen molar-refractivity contribution in [1.82, 2.24) is 24.7 Å². The third-order valence-corrected chi connectivity index (χ3v) is 5.16. The normalized spacial score (nSPS) is 13.5. The molecule has 0 bridgehead atoms. The van der Waals surface area contributed by atoms with Crippen molar-refractivity contribution in [1.29, 1.82) is 0 Å². The van der Waals surface area contributed by atoms with Crippen molar-refractivity contribution in [3.8, 4) is 23.0 Å². The summed E-state index contributed by atoms with van der Waals surface area (Å²) in [6.45, 7) is 0.801. The highest BCUT2D eigenvalue weighted by molar-refractivity contribution is 9.10. The highest BCUT2D eigenvalue weighted by Gasteiger charge is 2.19. The molecule has 0 saturated carbocycles. The van der Waals surface area contributed by atoms with Gasteiger partial charge in [0, 0.05) is 26.1 Å². The molecule has 2 aromatic heterocycles. The van der Waals surface area contributed by atoms with Gasteiger partial charge in [0.1, 0.15) is 19.5 Å². The van der Waals surface area contributed by atoms with Crippen LogP contribution >= 0.6 is 15.9 Å². The topological polar surface area (TPSA) is 128 Å². The highest BCUT2D eigenvalue weighted by atomic mass is 79.9. The molecule has 0 saturated heterocycles. The number of hydrogen-bond acceptors (Lipinski definition) is 8. The molecular formula is C20H23BrN6O4S. The predicted octanol–water partition coefficient (Wildman–Crippen LogP) is 3.12. The quantitative estimate of drug-likeness (QED) is 0.364. The van der Waals surface area contributed by atoms with Gasteiger partial charge in [-0.15, -0.1) is 0 Å². The van der Waals surface area contributed by atoms with Gasteiger partial charge < -0.3 is 9.47 Å². The zero-order valence-electron chi connectivity index (χ0n) is 21.2. The number of anilines is 1. The van der Waals surface area contributed by atoms with E-state index in [-0.39, 0.29) is 55.3 Å². The van der Waals surface area contributed by atoms with Crippen LogP contribution in [-0.4, -0.2) is 48.1 Å². The molecule has 0 spiro atoms. The lowest BCUT2D eigenvalue weighted by atomic mass is 10.1. The van der Waals surface area contributed by atoms with E-state index in [2.05, 4.69) is 40.6 Å². The summed E-state index contributed by atoms with van der Waals surface area (Å²) < 4.78 is 72.2. The van der Waals surface area contributed by atoms with Gasteiger partial charge in [-0.2, -0.15) is 13.1 Å². The van der Waals surface area contributed by atoms with E-state index >= 15 is 0 Å². The Kier molecular flexibility index (Phi) is 6.53. The summed E-state index contributed by atoms with van der Waals surface area (Å²) in [5.74, 6) is -0.0819. The van der Waals surface area contributed by atoms with E-state index < -0.39 is 16.7 Å². The molecule has 12 heteroatoms. The van der Waals surface area contributed by atoms with Crippen molar-refractivity contribution in [3.63, 3.8) is 0 Å². The molecule has 2 heterocycles. The van der Waals surface area contributed by atoms with Crippen molar-refractivity contribution in [2.45, 2.75) is 20.3 Å². The smallest absolute Gasteiger partial charge is 0.316 e. The molecule has 0 atom stereocenters. The average molecular weight is 527 g/mol. The van der Waals surface area contributed by atoms with E-state index in [0.29, 0.717) is 11.1 Å². The third-order valence-electron chi connectivity index (χ3n) is 3.75. The maximum atomic E-state index is 12.6. The molecule has 0 aliphatic heterocycles. The molecule has 3 aromatic rings. The molecule has 2 N–H and O–H groups in total. The fraction of sp³-hybridized carbons (Fsp3) is 0.300. The van der Waals surface area contributed by atoms with Crippen molar-refractivity contribution in [3.05, 3.63) is 53.0 Å². The summed E-state index contributed by atoms with van der Waals surface area (Å²) in [5.41, 5.74) is 1.08. The third kappa shape index (κ3) is 6.84. The van der Waals surface area contributed by atoms with Gasteiger partial charge in [0.15, 0.2) is 5.82 Å². The van der Waals surface area contributed by atoms with Crippen LogP contribution in [0.3, 0.4) is 0 Å². The van der Waals surface area contributed by atoms with E-state index in [1.165, 1.54) is 6.92 Å². The van der Waals surface area contributed by atoms with Crippen LogP contribution in [0, 0.1) is 6.92 Å². The van der Waals surface area contributed by atoms with Crippen LogP contribution in [-0.2, 0) is 10.2 Å².